The van der Waals surface area contributed by atoms with Gasteiger partial charge in [0, 0.05) is 23.4 Å². The van der Waals surface area contributed by atoms with E-state index in [2.05, 4.69) is 10.1 Å². The molecular formula is C15H12N2O5. The summed E-state index contributed by atoms with van der Waals surface area (Å²) in [7, 11) is 1.25. The molecule has 1 N–H and O–H groups in total. The molecule has 7 nitrogen and oxygen atoms in total. The van der Waals surface area contributed by atoms with Gasteiger partial charge in [0.25, 0.3) is 11.6 Å². The van der Waals surface area contributed by atoms with Crippen molar-refractivity contribution in [3.63, 3.8) is 0 Å². The summed E-state index contributed by atoms with van der Waals surface area (Å²) < 4.78 is 4.59. The van der Waals surface area contributed by atoms with Gasteiger partial charge in [0.15, 0.2) is 0 Å². The zero-order valence-electron chi connectivity index (χ0n) is 11.6. The molecule has 1 amide bonds. The molecule has 2 rings (SSSR count). The van der Waals surface area contributed by atoms with E-state index < -0.39 is 16.8 Å². The molecule has 112 valence electrons. The third kappa shape index (κ3) is 3.45. The number of amides is 1. The molecule has 0 unspecified atom stereocenters. The molecule has 0 heterocycles. The van der Waals surface area contributed by atoms with Gasteiger partial charge in [-0.1, -0.05) is 12.1 Å². The SMILES string of the molecule is COC(=O)c1cccc(C(=O)Nc2cccc([N+](=O)[O-])c2)c1. The van der Waals surface area contributed by atoms with Gasteiger partial charge in [-0.25, -0.2) is 4.79 Å². The van der Waals surface area contributed by atoms with E-state index in [1.165, 1.54) is 49.6 Å². The molecule has 2 aromatic rings. The molecule has 0 aliphatic rings. The van der Waals surface area contributed by atoms with Gasteiger partial charge in [-0.15, -0.1) is 0 Å². The van der Waals surface area contributed by atoms with Crippen LogP contribution in [0.1, 0.15) is 20.7 Å². The zero-order valence-corrected chi connectivity index (χ0v) is 11.6. The first-order chi connectivity index (χ1) is 10.5. The van der Waals surface area contributed by atoms with E-state index in [0.717, 1.165) is 0 Å². The third-order valence-corrected chi connectivity index (χ3v) is 2.86. The molecule has 0 aromatic heterocycles. The lowest BCUT2D eigenvalue weighted by molar-refractivity contribution is -0.384. The number of anilines is 1. The number of non-ortho nitro benzene ring substituents is 1. The quantitative estimate of drug-likeness (QED) is 0.531. The number of methoxy groups -OCH3 is 1. The smallest absolute Gasteiger partial charge is 0.337 e. The van der Waals surface area contributed by atoms with E-state index in [-0.39, 0.29) is 16.8 Å². The number of hydrogen-bond acceptors (Lipinski definition) is 5. The van der Waals surface area contributed by atoms with Gasteiger partial charge in [0.1, 0.15) is 0 Å². The number of ether oxygens (including phenoxy) is 1. The lowest BCUT2D eigenvalue weighted by Gasteiger charge is -2.06. The number of hydrogen-bond donors (Lipinski definition) is 1. The number of esters is 1. The molecular weight excluding hydrogens is 288 g/mol. The number of carbonyl (C=O) groups excluding carboxylic acids is 2. The Kier molecular flexibility index (Phi) is 4.47. The maximum Gasteiger partial charge on any atom is 0.337 e. The van der Waals surface area contributed by atoms with Gasteiger partial charge in [-0.05, 0) is 24.3 Å². The predicted molar refractivity (Wildman–Crippen MR) is 78.8 cm³/mol. The zero-order chi connectivity index (χ0) is 16.1. The summed E-state index contributed by atoms with van der Waals surface area (Å²) >= 11 is 0. The number of benzene rings is 2. The van der Waals surface area contributed by atoms with Crippen molar-refractivity contribution in [3.8, 4) is 0 Å². The topological polar surface area (TPSA) is 98.5 Å². The first-order valence-electron chi connectivity index (χ1n) is 6.25. The molecule has 2 aromatic carbocycles. The van der Waals surface area contributed by atoms with Crippen LogP contribution in [0.4, 0.5) is 11.4 Å². The summed E-state index contributed by atoms with van der Waals surface area (Å²) in [6.45, 7) is 0. The van der Waals surface area contributed by atoms with Crippen molar-refractivity contribution in [2.75, 3.05) is 12.4 Å². The van der Waals surface area contributed by atoms with E-state index in [0.29, 0.717) is 5.69 Å². The minimum atomic E-state index is -0.551. The summed E-state index contributed by atoms with van der Waals surface area (Å²) in [6, 6.07) is 11.6. The van der Waals surface area contributed by atoms with E-state index in [9.17, 15) is 19.7 Å². The Hall–Kier alpha value is -3.22. The third-order valence-electron chi connectivity index (χ3n) is 2.86. The highest BCUT2D eigenvalue weighted by Crippen LogP contribution is 2.18. The first kappa shape index (κ1) is 15.2. The Bertz CT molecular complexity index is 742. The van der Waals surface area contributed by atoms with Crippen molar-refractivity contribution in [1.82, 2.24) is 0 Å². The average molecular weight is 300 g/mol. The van der Waals surface area contributed by atoms with Crippen LogP contribution in [0.3, 0.4) is 0 Å². The van der Waals surface area contributed by atoms with E-state index in [4.69, 9.17) is 0 Å². The number of nitrogens with one attached hydrogen (secondary N) is 1. The van der Waals surface area contributed by atoms with Crippen molar-refractivity contribution in [1.29, 1.82) is 0 Å². The average Bonchev–Trinajstić information content (AvgIpc) is 2.54. The lowest BCUT2D eigenvalue weighted by Crippen LogP contribution is -2.13. The van der Waals surface area contributed by atoms with Crippen LogP contribution in [-0.2, 0) is 4.74 Å². The molecule has 0 aliphatic carbocycles. The Balaban J connectivity index is 2.20. The molecule has 0 radical (unpaired) electrons. The van der Waals surface area contributed by atoms with Gasteiger partial charge < -0.3 is 10.1 Å². The van der Waals surface area contributed by atoms with Gasteiger partial charge in [-0.2, -0.15) is 0 Å². The van der Waals surface area contributed by atoms with Crippen molar-refractivity contribution >= 4 is 23.3 Å². The molecule has 7 heteroatoms. The minimum absolute atomic E-state index is 0.124. The number of nitro groups is 1. The van der Waals surface area contributed by atoms with Gasteiger partial charge in [-0.3, -0.25) is 14.9 Å². The summed E-state index contributed by atoms with van der Waals surface area (Å²) in [5.74, 6) is -1.03. The Morgan fingerprint density at radius 1 is 1.09 bits per heavy atom. The maximum atomic E-state index is 12.1. The molecule has 0 spiro atoms. The molecule has 0 saturated carbocycles. The van der Waals surface area contributed by atoms with E-state index in [1.54, 1.807) is 6.07 Å². The second-order valence-electron chi connectivity index (χ2n) is 4.33. The van der Waals surface area contributed by atoms with Gasteiger partial charge >= 0.3 is 5.97 Å². The number of nitrogens with zero attached hydrogens (tertiary/aromatic N) is 1. The highest BCUT2D eigenvalue weighted by Gasteiger charge is 2.12. The van der Waals surface area contributed by atoms with Gasteiger partial charge in [0.05, 0.1) is 17.6 Å². The fourth-order valence-electron chi connectivity index (χ4n) is 1.81. The van der Waals surface area contributed by atoms with Crippen molar-refractivity contribution in [2.45, 2.75) is 0 Å². The normalized spacial score (nSPS) is 9.86. The number of rotatable bonds is 4. The maximum absolute atomic E-state index is 12.1. The molecule has 0 aliphatic heterocycles. The van der Waals surface area contributed by atoms with Crippen LogP contribution in [0.15, 0.2) is 48.5 Å². The van der Waals surface area contributed by atoms with Crippen molar-refractivity contribution in [2.24, 2.45) is 0 Å². The summed E-state index contributed by atoms with van der Waals surface area (Å²) in [5, 5.41) is 13.2. The molecule has 0 saturated heterocycles. The summed E-state index contributed by atoms with van der Waals surface area (Å²) in [6.07, 6.45) is 0. The molecule has 0 fully saturated rings. The molecule has 0 bridgehead atoms. The molecule has 22 heavy (non-hydrogen) atoms. The van der Waals surface area contributed by atoms with Crippen LogP contribution >= 0.6 is 0 Å². The van der Waals surface area contributed by atoms with E-state index in [1.807, 2.05) is 0 Å². The fourth-order valence-corrected chi connectivity index (χ4v) is 1.81. The Labute approximate surface area is 125 Å². The van der Waals surface area contributed by atoms with E-state index >= 15 is 0 Å². The first-order valence-corrected chi connectivity index (χ1v) is 6.25. The molecule has 0 atom stereocenters. The second kappa shape index (κ2) is 6.49. The monoisotopic (exact) mass is 300 g/mol. The number of nitro benzene ring substituents is 1. The highest BCUT2D eigenvalue weighted by atomic mass is 16.6. The van der Waals surface area contributed by atoms with Crippen molar-refractivity contribution < 1.29 is 19.2 Å². The van der Waals surface area contributed by atoms with Crippen LogP contribution in [0.25, 0.3) is 0 Å². The fraction of sp³-hybridized carbons (Fsp3) is 0.0667. The van der Waals surface area contributed by atoms with Crippen LogP contribution < -0.4 is 5.32 Å². The predicted octanol–water partition coefficient (Wildman–Crippen LogP) is 2.63. The second-order valence-corrected chi connectivity index (χ2v) is 4.33. The minimum Gasteiger partial charge on any atom is -0.465 e. The van der Waals surface area contributed by atoms with Crippen LogP contribution in [-0.4, -0.2) is 23.9 Å². The standard InChI is InChI=1S/C15H12N2O5/c1-22-15(19)11-5-2-4-10(8-11)14(18)16-12-6-3-7-13(9-12)17(20)21/h2-9H,1H3,(H,16,18). The highest BCUT2D eigenvalue weighted by molar-refractivity contribution is 6.05. The lowest BCUT2D eigenvalue weighted by atomic mass is 10.1. The summed E-state index contributed by atoms with van der Waals surface area (Å²) in [4.78, 5) is 33.7. The van der Waals surface area contributed by atoms with Crippen molar-refractivity contribution in [3.05, 3.63) is 69.8 Å². The Morgan fingerprint density at radius 2 is 1.77 bits per heavy atom. The Morgan fingerprint density at radius 3 is 2.45 bits per heavy atom. The number of carbonyl (C=O) groups is 2. The largest absolute Gasteiger partial charge is 0.465 e. The van der Waals surface area contributed by atoms with Crippen LogP contribution in [0.5, 0.6) is 0 Å². The van der Waals surface area contributed by atoms with Crippen LogP contribution in [0, 0.1) is 10.1 Å². The van der Waals surface area contributed by atoms with Gasteiger partial charge in [0.2, 0.25) is 0 Å². The summed E-state index contributed by atoms with van der Waals surface area (Å²) in [5.41, 5.74) is 0.660. The van der Waals surface area contributed by atoms with Crippen LogP contribution in [0.2, 0.25) is 0 Å².